The number of hydrogen-bond acceptors (Lipinski definition) is 5. The number of rotatable bonds is 4. The van der Waals surface area contributed by atoms with E-state index in [4.69, 9.17) is 0 Å². The Bertz CT molecular complexity index is 684. The summed E-state index contributed by atoms with van der Waals surface area (Å²) in [7, 11) is -3.69. The molecule has 0 amide bonds. The zero-order valence-electron chi connectivity index (χ0n) is 10.0. The van der Waals surface area contributed by atoms with Gasteiger partial charge in [-0.05, 0) is 31.4 Å². The van der Waals surface area contributed by atoms with Crippen LogP contribution in [0.2, 0.25) is 0 Å². The molecule has 0 atom stereocenters. The van der Waals surface area contributed by atoms with Crippen LogP contribution in [-0.4, -0.2) is 25.7 Å². The fourth-order valence-electron chi connectivity index (χ4n) is 2.23. The molecule has 0 bridgehead atoms. The molecule has 0 saturated heterocycles. The van der Waals surface area contributed by atoms with Gasteiger partial charge in [0.25, 0.3) is 0 Å². The van der Waals surface area contributed by atoms with Crippen molar-refractivity contribution in [2.45, 2.75) is 29.7 Å². The maximum Gasteiger partial charge on any atom is 0.243 e. The van der Waals surface area contributed by atoms with Crippen LogP contribution < -0.4 is 4.72 Å². The van der Waals surface area contributed by atoms with E-state index in [-0.39, 0.29) is 11.5 Å². The Kier molecular flexibility index (Phi) is 3.05. The lowest BCUT2D eigenvalue weighted by Gasteiger charge is -2.40. The van der Waals surface area contributed by atoms with Gasteiger partial charge in [0.15, 0.2) is 0 Å². The zero-order chi connectivity index (χ0) is 13.5. The standard InChI is InChI=1S/C11H13N3O3S2/c15-7-11(5-2-6-11)14-19(16,17)9-4-1-3-8-10(9)13-18-12-8/h1,3-4,14-15H,2,5-7H2. The summed E-state index contributed by atoms with van der Waals surface area (Å²) in [6.07, 6.45) is 2.24. The first-order valence-corrected chi connectivity index (χ1v) is 8.14. The van der Waals surface area contributed by atoms with Crippen molar-refractivity contribution >= 4 is 32.8 Å². The first-order chi connectivity index (χ1) is 9.06. The number of aliphatic hydroxyl groups is 1. The maximum atomic E-state index is 12.4. The van der Waals surface area contributed by atoms with E-state index in [0.717, 1.165) is 17.8 Å². The third-order valence-electron chi connectivity index (χ3n) is 3.50. The highest BCUT2D eigenvalue weighted by molar-refractivity contribution is 7.89. The van der Waals surface area contributed by atoms with Gasteiger partial charge in [0, 0.05) is 0 Å². The van der Waals surface area contributed by atoms with E-state index in [1.54, 1.807) is 12.1 Å². The highest BCUT2D eigenvalue weighted by atomic mass is 32.2. The van der Waals surface area contributed by atoms with E-state index < -0.39 is 15.6 Å². The second kappa shape index (κ2) is 4.48. The van der Waals surface area contributed by atoms with Crippen molar-refractivity contribution in [3.63, 3.8) is 0 Å². The molecule has 3 rings (SSSR count). The van der Waals surface area contributed by atoms with Crippen molar-refractivity contribution in [1.29, 1.82) is 0 Å². The topological polar surface area (TPSA) is 91.1 Å². The molecule has 0 unspecified atom stereocenters. The lowest BCUT2D eigenvalue weighted by Crippen LogP contribution is -2.55. The highest BCUT2D eigenvalue weighted by Gasteiger charge is 2.41. The van der Waals surface area contributed by atoms with Crippen LogP contribution in [-0.2, 0) is 21.4 Å². The van der Waals surface area contributed by atoms with Crippen molar-refractivity contribution in [1.82, 2.24) is 4.72 Å². The molecule has 1 saturated carbocycles. The van der Waals surface area contributed by atoms with Crippen LogP contribution in [0.4, 0.5) is 11.4 Å². The van der Waals surface area contributed by atoms with Gasteiger partial charge in [0.05, 0.1) is 23.5 Å². The van der Waals surface area contributed by atoms with E-state index >= 15 is 0 Å². The number of sulfonamides is 1. The number of nitrogens with one attached hydrogen (secondary N) is 1. The number of nitrogens with zero attached hydrogens (tertiary/aromatic N) is 2. The Hall–Kier alpha value is -1.09. The van der Waals surface area contributed by atoms with Crippen LogP contribution in [0.3, 0.4) is 0 Å². The second-order valence-corrected chi connectivity index (χ2v) is 6.96. The van der Waals surface area contributed by atoms with Crippen molar-refractivity contribution in [3.05, 3.63) is 18.2 Å². The summed E-state index contributed by atoms with van der Waals surface area (Å²) < 4.78 is 35.5. The molecule has 1 heterocycles. The minimum absolute atomic E-state index is 0.124. The molecule has 1 aliphatic heterocycles. The molecule has 2 aliphatic rings. The van der Waals surface area contributed by atoms with Crippen molar-refractivity contribution in [2.24, 2.45) is 8.73 Å². The van der Waals surface area contributed by atoms with Crippen LogP contribution in [0.5, 0.6) is 0 Å². The quantitative estimate of drug-likeness (QED) is 0.898. The summed E-state index contributed by atoms with van der Waals surface area (Å²) in [6, 6.07) is 4.88. The van der Waals surface area contributed by atoms with Crippen molar-refractivity contribution in [3.8, 4) is 0 Å². The molecule has 0 aromatic heterocycles. The van der Waals surface area contributed by atoms with Crippen LogP contribution in [0, 0.1) is 0 Å². The fourth-order valence-corrected chi connectivity index (χ4v) is 4.45. The molecule has 102 valence electrons. The van der Waals surface area contributed by atoms with Gasteiger partial charge in [-0.1, -0.05) is 6.07 Å². The van der Waals surface area contributed by atoms with Crippen LogP contribution in [0.1, 0.15) is 19.3 Å². The zero-order valence-corrected chi connectivity index (χ0v) is 11.7. The maximum absolute atomic E-state index is 12.4. The summed E-state index contributed by atoms with van der Waals surface area (Å²) >= 11 is 0.985. The molecule has 1 aromatic carbocycles. The van der Waals surface area contributed by atoms with Crippen LogP contribution in [0.15, 0.2) is 31.8 Å². The largest absolute Gasteiger partial charge is 0.394 e. The summed E-state index contributed by atoms with van der Waals surface area (Å²) in [6.45, 7) is -0.183. The van der Waals surface area contributed by atoms with Crippen LogP contribution in [0.25, 0.3) is 0 Å². The monoisotopic (exact) mass is 299 g/mol. The highest BCUT2D eigenvalue weighted by Crippen LogP contribution is 2.39. The van der Waals surface area contributed by atoms with Gasteiger partial charge in [-0.2, -0.15) is 8.73 Å². The van der Waals surface area contributed by atoms with Gasteiger partial charge < -0.3 is 5.11 Å². The molecular formula is C11H13N3O3S2. The Labute approximate surface area is 114 Å². The average molecular weight is 299 g/mol. The first-order valence-electron chi connectivity index (χ1n) is 5.92. The molecule has 19 heavy (non-hydrogen) atoms. The lowest BCUT2D eigenvalue weighted by atomic mass is 9.78. The van der Waals surface area contributed by atoms with E-state index in [9.17, 15) is 13.5 Å². The Morgan fingerprint density at radius 2 is 2.16 bits per heavy atom. The van der Waals surface area contributed by atoms with Crippen molar-refractivity contribution in [2.75, 3.05) is 6.61 Å². The molecular weight excluding hydrogens is 286 g/mol. The average Bonchev–Trinajstić information content (AvgIpc) is 2.81. The summed E-state index contributed by atoms with van der Waals surface area (Å²) in [5.74, 6) is 0. The predicted molar refractivity (Wildman–Crippen MR) is 72.0 cm³/mol. The molecule has 1 aliphatic carbocycles. The summed E-state index contributed by atoms with van der Waals surface area (Å²) in [5, 5.41) is 9.37. The molecule has 0 spiro atoms. The van der Waals surface area contributed by atoms with E-state index in [1.165, 1.54) is 6.07 Å². The fraction of sp³-hybridized carbons (Fsp3) is 0.455. The minimum Gasteiger partial charge on any atom is -0.394 e. The summed E-state index contributed by atoms with van der Waals surface area (Å²) in [5.41, 5.74) is 0.247. The molecule has 2 N–H and O–H groups in total. The third-order valence-corrected chi connectivity index (χ3v) is 5.66. The lowest BCUT2D eigenvalue weighted by molar-refractivity contribution is 0.110. The Balaban J connectivity index is 1.98. The normalized spacial score (nSPS) is 19.6. The third kappa shape index (κ3) is 2.14. The van der Waals surface area contributed by atoms with Gasteiger partial charge in [0.2, 0.25) is 10.0 Å². The molecule has 8 heteroatoms. The van der Waals surface area contributed by atoms with E-state index in [0.29, 0.717) is 24.2 Å². The Morgan fingerprint density at radius 3 is 2.79 bits per heavy atom. The predicted octanol–water partition coefficient (Wildman–Crippen LogP) is 1.61. The van der Waals surface area contributed by atoms with Gasteiger partial charge in [0.1, 0.15) is 16.3 Å². The molecule has 1 fully saturated rings. The SMILES string of the molecule is O=S(=O)(NC1(CO)CCC1)c1cccc2c1N=S=N2. The molecule has 6 nitrogen and oxygen atoms in total. The second-order valence-electron chi connectivity index (χ2n) is 4.79. The number of benzene rings is 1. The number of fused-ring (bicyclic) bond motifs is 1. The van der Waals surface area contributed by atoms with E-state index in [2.05, 4.69) is 13.4 Å². The minimum atomic E-state index is -3.69. The van der Waals surface area contributed by atoms with Gasteiger partial charge in [-0.15, -0.1) is 0 Å². The van der Waals surface area contributed by atoms with Gasteiger partial charge >= 0.3 is 0 Å². The number of hydrogen-bond donors (Lipinski definition) is 2. The Morgan fingerprint density at radius 1 is 1.37 bits per heavy atom. The smallest absolute Gasteiger partial charge is 0.243 e. The van der Waals surface area contributed by atoms with Gasteiger partial charge in [-0.25, -0.2) is 13.1 Å². The van der Waals surface area contributed by atoms with Crippen LogP contribution >= 0.6 is 0 Å². The first kappa shape index (κ1) is 12.9. The van der Waals surface area contributed by atoms with Crippen molar-refractivity contribution < 1.29 is 13.5 Å². The van der Waals surface area contributed by atoms with Gasteiger partial charge in [-0.3, -0.25) is 0 Å². The number of aliphatic hydroxyl groups excluding tert-OH is 1. The molecule has 1 aromatic rings. The summed E-state index contributed by atoms with van der Waals surface area (Å²) in [4.78, 5) is 0.124. The van der Waals surface area contributed by atoms with E-state index in [1.807, 2.05) is 0 Å². The molecule has 0 radical (unpaired) electrons.